The number of aromatic nitrogens is 2. The molecule has 0 aliphatic rings. The second-order valence-electron chi connectivity index (χ2n) is 4.85. The molecule has 0 fully saturated rings. The number of benzene rings is 1. The fraction of sp³-hybridized carbons (Fsp3) is 0.333. The van der Waals surface area contributed by atoms with E-state index in [2.05, 4.69) is 10.4 Å². The molecular weight excluding hydrogens is 288 g/mol. The molecule has 1 amide bonds. The lowest BCUT2D eigenvalue weighted by atomic mass is 10.1. The van der Waals surface area contributed by atoms with Crippen LogP contribution in [-0.2, 0) is 18.4 Å². The monoisotopic (exact) mass is 308 g/mol. The van der Waals surface area contributed by atoms with Gasteiger partial charge in [-0.25, -0.2) is 0 Å². The molecule has 1 aromatic heterocycles. The van der Waals surface area contributed by atoms with Crippen LogP contribution >= 0.6 is 12.4 Å². The third-order valence-corrected chi connectivity index (χ3v) is 3.23. The van der Waals surface area contributed by atoms with Gasteiger partial charge in [-0.3, -0.25) is 9.48 Å². The van der Waals surface area contributed by atoms with E-state index in [1.807, 2.05) is 50.6 Å². The summed E-state index contributed by atoms with van der Waals surface area (Å²) in [5, 5.41) is 7.17. The summed E-state index contributed by atoms with van der Waals surface area (Å²) in [6, 6.07) is 9.59. The molecule has 1 N–H and O–H groups in total. The normalized spacial score (nSPS) is 11.6. The van der Waals surface area contributed by atoms with E-state index in [0.717, 1.165) is 11.1 Å². The fourth-order valence-electron chi connectivity index (χ4n) is 2.18. The number of likely N-dealkylation sites (N-methyl/N-ethyl adjacent to an activating group) is 2. The number of halogens is 1. The van der Waals surface area contributed by atoms with E-state index in [9.17, 15) is 4.79 Å². The maximum Gasteiger partial charge on any atom is 0.244 e. The Bertz CT molecular complexity index is 570. The highest BCUT2D eigenvalue weighted by atomic mass is 35.5. The van der Waals surface area contributed by atoms with Crippen LogP contribution in [0.1, 0.15) is 17.2 Å². The molecular formula is C15H21ClN4O. The maximum atomic E-state index is 12.5. The molecule has 2 aromatic rings. The van der Waals surface area contributed by atoms with Gasteiger partial charge in [-0.1, -0.05) is 30.3 Å². The Hall–Kier alpha value is -1.85. The lowest BCUT2D eigenvalue weighted by Crippen LogP contribution is -2.37. The largest absolute Gasteiger partial charge is 0.340 e. The lowest BCUT2D eigenvalue weighted by molar-refractivity contribution is -0.132. The van der Waals surface area contributed by atoms with Crippen molar-refractivity contribution in [2.75, 3.05) is 14.1 Å². The summed E-state index contributed by atoms with van der Waals surface area (Å²) in [5.41, 5.74) is 1.99. The van der Waals surface area contributed by atoms with Crippen molar-refractivity contribution in [3.05, 3.63) is 53.9 Å². The Morgan fingerprint density at radius 1 is 1.38 bits per heavy atom. The zero-order chi connectivity index (χ0) is 14.5. The van der Waals surface area contributed by atoms with Crippen LogP contribution in [0.5, 0.6) is 0 Å². The van der Waals surface area contributed by atoms with Crippen LogP contribution in [-0.4, -0.2) is 34.7 Å². The Labute approximate surface area is 131 Å². The van der Waals surface area contributed by atoms with Crippen molar-refractivity contribution >= 4 is 18.3 Å². The molecule has 1 unspecified atom stereocenters. The zero-order valence-corrected chi connectivity index (χ0v) is 13.3. The Kier molecular flexibility index (Phi) is 6.39. The summed E-state index contributed by atoms with van der Waals surface area (Å²) in [6.07, 6.45) is 3.57. The molecule has 0 saturated heterocycles. The van der Waals surface area contributed by atoms with Gasteiger partial charge in [-0.05, 0) is 12.6 Å². The number of rotatable bonds is 5. The van der Waals surface area contributed by atoms with Crippen molar-refractivity contribution in [2.24, 2.45) is 7.05 Å². The van der Waals surface area contributed by atoms with Crippen LogP contribution in [0.2, 0.25) is 0 Å². The first-order valence-electron chi connectivity index (χ1n) is 6.56. The minimum absolute atomic E-state index is 0. The Morgan fingerprint density at radius 3 is 2.57 bits per heavy atom. The van der Waals surface area contributed by atoms with Gasteiger partial charge in [0, 0.05) is 32.4 Å². The Balaban J connectivity index is 0.00000220. The van der Waals surface area contributed by atoms with Crippen molar-refractivity contribution in [3.8, 4) is 0 Å². The van der Waals surface area contributed by atoms with Crippen LogP contribution in [0.3, 0.4) is 0 Å². The molecule has 0 radical (unpaired) electrons. The van der Waals surface area contributed by atoms with Gasteiger partial charge in [0.05, 0.1) is 6.20 Å². The molecule has 1 heterocycles. The predicted molar refractivity (Wildman–Crippen MR) is 85.2 cm³/mol. The summed E-state index contributed by atoms with van der Waals surface area (Å²) in [7, 11) is 5.44. The molecule has 6 heteroatoms. The number of hydrogen-bond donors (Lipinski definition) is 1. The van der Waals surface area contributed by atoms with Gasteiger partial charge < -0.3 is 10.2 Å². The van der Waals surface area contributed by atoms with Crippen LogP contribution in [0.25, 0.3) is 0 Å². The number of hydrogen-bond acceptors (Lipinski definition) is 3. The standard InChI is InChI=1S/C15H20N4O.ClH/c1-16-14(13-9-17-19(3)11-13)15(20)18(2)10-12-7-5-4-6-8-12;/h4-9,11,14,16H,10H2,1-3H3;1H. The highest BCUT2D eigenvalue weighted by Gasteiger charge is 2.23. The topological polar surface area (TPSA) is 50.2 Å². The van der Waals surface area contributed by atoms with Crippen LogP contribution in [0.4, 0.5) is 0 Å². The average molecular weight is 309 g/mol. The molecule has 2 rings (SSSR count). The van der Waals surface area contributed by atoms with Crippen molar-refractivity contribution < 1.29 is 4.79 Å². The molecule has 114 valence electrons. The van der Waals surface area contributed by atoms with E-state index in [1.54, 1.807) is 22.8 Å². The molecule has 0 aliphatic heterocycles. The van der Waals surface area contributed by atoms with Crippen LogP contribution < -0.4 is 5.32 Å². The first kappa shape index (κ1) is 17.2. The van der Waals surface area contributed by atoms with Gasteiger partial charge in [-0.15, -0.1) is 12.4 Å². The third kappa shape index (κ3) is 4.31. The number of amides is 1. The summed E-state index contributed by atoms with van der Waals surface area (Å²) < 4.78 is 1.70. The predicted octanol–water partition coefficient (Wildman–Crippen LogP) is 1.76. The molecule has 5 nitrogen and oxygen atoms in total. The quantitative estimate of drug-likeness (QED) is 0.916. The first-order chi connectivity index (χ1) is 9.61. The number of nitrogens with one attached hydrogen (secondary N) is 1. The zero-order valence-electron chi connectivity index (χ0n) is 12.5. The molecule has 0 aliphatic carbocycles. The third-order valence-electron chi connectivity index (χ3n) is 3.23. The van der Waals surface area contributed by atoms with Crippen molar-refractivity contribution in [1.29, 1.82) is 0 Å². The van der Waals surface area contributed by atoms with Crippen LogP contribution in [0.15, 0.2) is 42.7 Å². The maximum absolute atomic E-state index is 12.5. The molecule has 0 saturated carbocycles. The molecule has 0 spiro atoms. The van der Waals surface area contributed by atoms with Gasteiger partial charge in [0.25, 0.3) is 0 Å². The Morgan fingerprint density at radius 2 is 2.05 bits per heavy atom. The fourth-order valence-corrected chi connectivity index (χ4v) is 2.18. The summed E-state index contributed by atoms with van der Waals surface area (Å²) in [5.74, 6) is 0.0318. The van der Waals surface area contributed by atoms with E-state index in [0.29, 0.717) is 6.54 Å². The molecule has 0 bridgehead atoms. The van der Waals surface area contributed by atoms with E-state index in [4.69, 9.17) is 0 Å². The van der Waals surface area contributed by atoms with E-state index < -0.39 is 0 Å². The van der Waals surface area contributed by atoms with Crippen molar-refractivity contribution in [2.45, 2.75) is 12.6 Å². The summed E-state index contributed by atoms with van der Waals surface area (Å²) >= 11 is 0. The minimum atomic E-state index is -0.364. The van der Waals surface area contributed by atoms with Crippen molar-refractivity contribution in [3.63, 3.8) is 0 Å². The number of carbonyl (C=O) groups excluding carboxylic acids is 1. The highest BCUT2D eigenvalue weighted by Crippen LogP contribution is 2.15. The van der Waals surface area contributed by atoms with E-state index in [1.165, 1.54) is 0 Å². The van der Waals surface area contributed by atoms with E-state index >= 15 is 0 Å². The minimum Gasteiger partial charge on any atom is -0.340 e. The SMILES string of the molecule is CNC(C(=O)N(C)Cc1ccccc1)c1cnn(C)c1.Cl. The van der Waals surface area contributed by atoms with Gasteiger partial charge in [0.15, 0.2) is 0 Å². The van der Waals surface area contributed by atoms with Crippen LogP contribution in [0, 0.1) is 0 Å². The second-order valence-corrected chi connectivity index (χ2v) is 4.85. The number of carbonyl (C=O) groups is 1. The summed E-state index contributed by atoms with van der Waals surface area (Å²) in [4.78, 5) is 14.2. The van der Waals surface area contributed by atoms with Crippen molar-refractivity contribution in [1.82, 2.24) is 20.0 Å². The lowest BCUT2D eigenvalue weighted by Gasteiger charge is -2.23. The summed E-state index contributed by atoms with van der Waals surface area (Å²) in [6.45, 7) is 0.595. The van der Waals surface area contributed by atoms with Gasteiger partial charge in [0.2, 0.25) is 5.91 Å². The van der Waals surface area contributed by atoms with E-state index in [-0.39, 0.29) is 24.4 Å². The molecule has 1 aromatic carbocycles. The number of aryl methyl sites for hydroxylation is 1. The average Bonchev–Trinajstić information content (AvgIpc) is 2.87. The molecule has 21 heavy (non-hydrogen) atoms. The van der Waals surface area contributed by atoms with Gasteiger partial charge in [-0.2, -0.15) is 5.10 Å². The smallest absolute Gasteiger partial charge is 0.244 e. The highest BCUT2D eigenvalue weighted by molar-refractivity contribution is 5.85. The first-order valence-corrected chi connectivity index (χ1v) is 6.56. The number of nitrogens with zero attached hydrogens (tertiary/aromatic N) is 3. The second kappa shape index (κ2) is 7.81. The van der Waals surface area contributed by atoms with Gasteiger partial charge in [0.1, 0.15) is 6.04 Å². The molecule has 1 atom stereocenters. The van der Waals surface area contributed by atoms with Gasteiger partial charge >= 0.3 is 0 Å².